The summed E-state index contributed by atoms with van der Waals surface area (Å²) >= 11 is 6.52. The van der Waals surface area contributed by atoms with Crippen molar-refractivity contribution in [2.75, 3.05) is 5.32 Å². The molecule has 3 aliphatic carbocycles. The molecule has 0 atom stereocenters. The molecule has 0 spiro atoms. The first-order valence-corrected chi connectivity index (χ1v) is 12.6. The molecule has 5 rings (SSSR count). The number of hydrogen-bond acceptors (Lipinski definition) is 5. The van der Waals surface area contributed by atoms with Gasteiger partial charge in [0.05, 0.1) is 23.1 Å². The van der Waals surface area contributed by atoms with Gasteiger partial charge in [0.2, 0.25) is 5.95 Å². The molecule has 0 bridgehead atoms. The molecule has 0 aliphatic heterocycles. The zero-order valence-electron chi connectivity index (χ0n) is 18.6. The van der Waals surface area contributed by atoms with Gasteiger partial charge in [-0.3, -0.25) is 4.68 Å². The van der Waals surface area contributed by atoms with Crippen molar-refractivity contribution < 1.29 is 0 Å². The van der Waals surface area contributed by atoms with Crippen molar-refractivity contribution in [1.82, 2.24) is 25.1 Å². The van der Waals surface area contributed by atoms with E-state index in [9.17, 15) is 0 Å². The highest BCUT2D eigenvalue weighted by Crippen LogP contribution is 2.37. The van der Waals surface area contributed by atoms with Gasteiger partial charge in [-0.1, -0.05) is 30.9 Å². The van der Waals surface area contributed by atoms with Gasteiger partial charge in [0.1, 0.15) is 0 Å². The van der Waals surface area contributed by atoms with Crippen LogP contribution in [0.5, 0.6) is 0 Å². The van der Waals surface area contributed by atoms with Gasteiger partial charge in [-0.05, 0) is 63.7 Å². The van der Waals surface area contributed by atoms with E-state index in [2.05, 4.69) is 20.7 Å². The Hall–Kier alpha value is -1.66. The molecule has 7 heteroatoms. The maximum Gasteiger partial charge on any atom is 0.223 e. The number of halogens is 1. The molecule has 6 nitrogen and oxygen atoms in total. The minimum Gasteiger partial charge on any atom is -0.351 e. The summed E-state index contributed by atoms with van der Waals surface area (Å²) in [4.78, 5) is 9.31. The summed E-state index contributed by atoms with van der Waals surface area (Å²) in [7, 11) is 2.01. The van der Waals surface area contributed by atoms with Crippen molar-refractivity contribution in [1.29, 1.82) is 0 Å². The summed E-state index contributed by atoms with van der Waals surface area (Å²) in [6, 6.07) is 1.84. The molecule has 3 fully saturated rings. The van der Waals surface area contributed by atoms with Crippen LogP contribution in [0.15, 0.2) is 12.4 Å². The average molecular weight is 443 g/mol. The van der Waals surface area contributed by atoms with Crippen LogP contribution in [0.4, 0.5) is 5.95 Å². The molecular formula is C24H35ClN6. The molecule has 0 aromatic carbocycles. The SMILES string of the molecule is Cn1ncc(-c2nc(NC3CCC(NC4CCCCC4)CC3)ncc2Cl)c1CC1CC1. The molecule has 31 heavy (non-hydrogen) atoms. The minimum atomic E-state index is 0.429. The third-order valence-corrected chi connectivity index (χ3v) is 7.65. The first kappa shape index (κ1) is 21.2. The molecule has 2 heterocycles. The highest BCUT2D eigenvalue weighted by molar-refractivity contribution is 6.32. The number of nitrogens with one attached hydrogen (secondary N) is 2. The fourth-order valence-corrected chi connectivity index (χ4v) is 5.51. The van der Waals surface area contributed by atoms with E-state index in [-0.39, 0.29) is 0 Å². The van der Waals surface area contributed by atoms with E-state index in [1.54, 1.807) is 6.20 Å². The third-order valence-electron chi connectivity index (χ3n) is 7.38. The van der Waals surface area contributed by atoms with E-state index < -0.39 is 0 Å². The molecule has 0 radical (unpaired) electrons. The highest BCUT2D eigenvalue weighted by Gasteiger charge is 2.27. The molecular weight excluding hydrogens is 408 g/mol. The molecule has 0 amide bonds. The lowest BCUT2D eigenvalue weighted by molar-refractivity contribution is 0.283. The van der Waals surface area contributed by atoms with Crippen LogP contribution in [0.1, 0.15) is 76.3 Å². The van der Waals surface area contributed by atoms with Crippen LogP contribution < -0.4 is 10.6 Å². The fraction of sp³-hybridized carbons (Fsp3) is 0.708. The monoisotopic (exact) mass is 442 g/mol. The van der Waals surface area contributed by atoms with Crippen molar-refractivity contribution in [3.63, 3.8) is 0 Å². The summed E-state index contributed by atoms with van der Waals surface area (Å²) in [6.45, 7) is 0. The van der Waals surface area contributed by atoms with Gasteiger partial charge >= 0.3 is 0 Å². The van der Waals surface area contributed by atoms with E-state index in [4.69, 9.17) is 16.6 Å². The number of rotatable bonds is 7. The largest absolute Gasteiger partial charge is 0.351 e. The first-order chi connectivity index (χ1) is 15.2. The number of hydrogen-bond donors (Lipinski definition) is 2. The van der Waals surface area contributed by atoms with Crippen molar-refractivity contribution in [3.05, 3.63) is 23.1 Å². The summed E-state index contributed by atoms with van der Waals surface area (Å²) in [5, 5.41) is 12.6. The van der Waals surface area contributed by atoms with Crippen LogP contribution in [0.25, 0.3) is 11.3 Å². The Morgan fingerprint density at radius 2 is 1.65 bits per heavy atom. The average Bonchev–Trinajstić information content (AvgIpc) is 3.54. The Labute approximate surface area is 190 Å². The number of anilines is 1. The highest BCUT2D eigenvalue weighted by atomic mass is 35.5. The summed E-state index contributed by atoms with van der Waals surface area (Å²) in [5.41, 5.74) is 3.07. The van der Waals surface area contributed by atoms with Crippen LogP contribution in [-0.2, 0) is 13.5 Å². The number of aryl methyl sites for hydroxylation is 1. The van der Waals surface area contributed by atoms with Crippen LogP contribution in [0.2, 0.25) is 5.02 Å². The van der Waals surface area contributed by atoms with E-state index in [0.717, 1.165) is 42.5 Å². The second-order valence-electron chi connectivity index (χ2n) is 9.86. The number of aromatic nitrogens is 4. The topological polar surface area (TPSA) is 67.7 Å². The Kier molecular flexibility index (Phi) is 6.46. The Bertz CT molecular complexity index is 878. The zero-order valence-corrected chi connectivity index (χ0v) is 19.4. The maximum atomic E-state index is 6.52. The van der Waals surface area contributed by atoms with Crippen molar-refractivity contribution in [2.24, 2.45) is 13.0 Å². The molecule has 3 saturated carbocycles. The smallest absolute Gasteiger partial charge is 0.223 e. The summed E-state index contributed by atoms with van der Waals surface area (Å²) in [5.74, 6) is 1.47. The molecule has 3 aliphatic rings. The number of nitrogens with zero attached hydrogens (tertiary/aromatic N) is 4. The molecule has 0 unspecified atom stereocenters. The Balaban J connectivity index is 1.21. The van der Waals surface area contributed by atoms with Gasteiger partial charge < -0.3 is 10.6 Å². The summed E-state index contributed by atoms with van der Waals surface area (Å²) < 4.78 is 1.97. The second-order valence-corrected chi connectivity index (χ2v) is 10.3. The van der Waals surface area contributed by atoms with Gasteiger partial charge in [0, 0.05) is 36.4 Å². The maximum absolute atomic E-state index is 6.52. The van der Waals surface area contributed by atoms with E-state index in [1.165, 1.54) is 63.5 Å². The minimum absolute atomic E-state index is 0.429. The van der Waals surface area contributed by atoms with Gasteiger partial charge in [0.15, 0.2) is 0 Å². The van der Waals surface area contributed by atoms with Gasteiger partial charge in [-0.2, -0.15) is 5.10 Å². The molecule has 168 valence electrons. The lowest BCUT2D eigenvalue weighted by atomic mass is 9.88. The standard InChI is InChI=1S/C24H35ClN6/c1-31-22(13-16-7-8-16)20(14-27-31)23-21(25)15-26-24(30-23)29-19-11-9-18(10-12-19)28-17-5-3-2-4-6-17/h14-19,28H,2-13H2,1H3,(H,26,29,30). The lowest BCUT2D eigenvalue weighted by Gasteiger charge is -2.34. The fourth-order valence-electron chi connectivity index (χ4n) is 5.31. The lowest BCUT2D eigenvalue weighted by Crippen LogP contribution is -2.43. The molecule has 2 N–H and O–H groups in total. The van der Waals surface area contributed by atoms with Gasteiger partial charge in [-0.25, -0.2) is 9.97 Å². The quantitative estimate of drug-likeness (QED) is 0.622. The predicted octanol–water partition coefficient (Wildman–Crippen LogP) is 5.13. The zero-order chi connectivity index (χ0) is 21.2. The van der Waals surface area contributed by atoms with Crippen LogP contribution in [0, 0.1) is 5.92 Å². The van der Waals surface area contributed by atoms with Crippen molar-refractivity contribution in [3.8, 4) is 11.3 Å². The third kappa shape index (κ3) is 5.23. The van der Waals surface area contributed by atoms with E-state index in [0.29, 0.717) is 23.1 Å². The van der Waals surface area contributed by atoms with Gasteiger partial charge in [-0.15, -0.1) is 0 Å². The summed E-state index contributed by atoms with van der Waals surface area (Å²) in [6.07, 6.45) is 19.0. The Morgan fingerprint density at radius 3 is 2.39 bits per heavy atom. The normalized spacial score (nSPS) is 25.0. The van der Waals surface area contributed by atoms with Crippen molar-refractivity contribution >= 4 is 17.5 Å². The Morgan fingerprint density at radius 1 is 0.935 bits per heavy atom. The van der Waals surface area contributed by atoms with Crippen LogP contribution in [0.3, 0.4) is 0 Å². The van der Waals surface area contributed by atoms with Crippen LogP contribution in [-0.4, -0.2) is 37.9 Å². The van der Waals surface area contributed by atoms with E-state index in [1.807, 2.05) is 17.9 Å². The molecule has 2 aromatic rings. The van der Waals surface area contributed by atoms with Gasteiger partial charge in [0.25, 0.3) is 0 Å². The first-order valence-electron chi connectivity index (χ1n) is 12.2. The van der Waals surface area contributed by atoms with Crippen LogP contribution >= 0.6 is 11.6 Å². The van der Waals surface area contributed by atoms with E-state index >= 15 is 0 Å². The second kappa shape index (κ2) is 9.45. The van der Waals surface area contributed by atoms with Crippen molar-refractivity contribution in [2.45, 2.75) is 95.2 Å². The predicted molar refractivity (Wildman–Crippen MR) is 125 cm³/mol. The molecule has 0 saturated heterocycles. The molecule has 2 aromatic heterocycles.